The SMILES string of the molecule is C1CC1.O=C(O)Nc1nc2cccc(-c3ccc(C(=O)N4C[C@@H]5C[C@H]4CO5)cc3)n2n1. The number of rotatable bonds is 3. The predicted molar refractivity (Wildman–Crippen MR) is 113 cm³/mol. The number of benzene rings is 1. The summed E-state index contributed by atoms with van der Waals surface area (Å²) in [6.45, 7) is 1.28. The van der Waals surface area contributed by atoms with Crippen LogP contribution in [0.1, 0.15) is 36.0 Å². The average Bonchev–Trinajstić information content (AvgIpc) is 3.36. The van der Waals surface area contributed by atoms with Crippen LogP contribution >= 0.6 is 0 Å². The Morgan fingerprint density at radius 3 is 2.48 bits per heavy atom. The van der Waals surface area contributed by atoms with Crippen LogP contribution < -0.4 is 5.32 Å². The quantitative estimate of drug-likeness (QED) is 0.672. The molecule has 1 aromatic carbocycles. The van der Waals surface area contributed by atoms with Gasteiger partial charge in [-0.25, -0.2) is 9.31 Å². The number of carboxylic acid groups (broad SMARTS) is 1. The number of carbonyl (C=O) groups is 2. The maximum Gasteiger partial charge on any atom is 0.411 e. The molecule has 9 heteroatoms. The fourth-order valence-corrected chi connectivity index (χ4v) is 3.87. The van der Waals surface area contributed by atoms with E-state index < -0.39 is 6.09 Å². The molecule has 3 fully saturated rings. The Morgan fingerprint density at radius 2 is 1.87 bits per heavy atom. The van der Waals surface area contributed by atoms with Gasteiger partial charge in [0.1, 0.15) is 0 Å². The number of morpholine rings is 1. The summed E-state index contributed by atoms with van der Waals surface area (Å²) in [5, 5.41) is 15.2. The average molecular weight is 421 g/mol. The molecule has 2 N–H and O–H groups in total. The normalized spacial score (nSPS) is 21.0. The number of likely N-dealkylation sites (tertiary alicyclic amines) is 1. The van der Waals surface area contributed by atoms with E-state index in [1.165, 1.54) is 19.3 Å². The van der Waals surface area contributed by atoms with Gasteiger partial charge in [-0.1, -0.05) is 37.5 Å². The third-order valence-electron chi connectivity index (χ3n) is 5.52. The first kappa shape index (κ1) is 19.5. The lowest BCUT2D eigenvalue weighted by Crippen LogP contribution is -2.41. The summed E-state index contributed by atoms with van der Waals surface area (Å²) in [4.78, 5) is 29.6. The third kappa shape index (κ3) is 4.09. The number of ether oxygens (including phenoxy) is 1. The molecule has 6 rings (SSSR count). The van der Waals surface area contributed by atoms with E-state index in [1.54, 1.807) is 22.7 Å². The van der Waals surface area contributed by atoms with Crippen LogP contribution in [0.5, 0.6) is 0 Å². The van der Waals surface area contributed by atoms with E-state index in [2.05, 4.69) is 15.4 Å². The number of hydrogen-bond acceptors (Lipinski definition) is 5. The molecule has 2 atom stereocenters. The van der Waals surface area contributed by atoms with Crippen molar-refractivity contribution >= 4 is 23.6 Å². The zero-order valence-electron chi connectivity index (χ0n) is 16.9. The Balaban J connectivity index is 0.000000628. The van der Waals surface area contributed by atoms with E-state index >= 15 is 0 Å². The smallest absolute Gasteiger partial charge is 0.411 e. The van der Waals surface area contributed by atoms with Gasteiger partial charge in [-0.05, 0) is 30.7 Å². The highest BCUT2D eigenvalue weighted by atomic mass is 16.5. The van der Waals surface area contributed by atoms with Crippen molar-refractivity contribution in [2.75, 3.05) is 18.5 Å². The molecule has 160 valence electrons. The standard InChI is InChI=1S/C19H17N5O4.C3H6/c25-17(23-9-14-8-13(23)10-28-14)12-6-4-11(5-7-12)15-2-1-3-16-20-18(21-19(26)27)22-24(15)16;1-2-3-1/h1-7,13-14H,8-10H2,(H,21,22)(H,26,27);1-3H2/t13-,14-;/m0./s1. The summed E-state index contributed by atoms with van der Waals surface area (Å²) in [6.07, 6.45) is 4.37. The summed E-state index contributed by atoms with van der Waals surface area (Å²) < 4.78 is 7.13. The molecular formula is C22H23N5O4. The van der Waals surface area contributed by atoms with Crippen LogP contribution in [0, 0.1) is 0 Å². The van der Waals surface area contributed by atoms with Crippen molar-refractivity contribution in [2.45, 2.75) is 37.8 Å². The van der Waals surface area contributed by atoms with Crippen LogP contribution in [-0.2, 0) is 4.74 Å². The first-order valence-corrected chi connectivity index (χ1v) is 10.5. The second-order valence-corrected chi connectivity index (χ2v) is 7.99. The Kier molecular flexibility index (Phi) is 5.03. The van der Waals surface area contributed by atoms with Crippen LogP contribution in [-0.4, -0.2) is 61.9 Å². The van der Waals surface area contributed by atoms with Gasteiger partial charge in [-0.15, -0.1) is 5.10 Å². The van der Waals surface area contributed by atoms with Gasteiger partial charge >= 0.3 is 6.09 Å². The number of nitrogens with zero attached hydrogens (tertiary/aromatic N) is 4. The summed E-state index contributed by atoms with van der Waals surface area (Å²) in [7, 11) is 0. The highest BCUT2D eigenvalue weighted by molar-refractivity contribution is 5.95. The number of pyridine rings is 1. The van der Waals surface area contributed by atoms with Crippen molar-refractivity contribution in [1.82, 2.24) is 19.5 Å². The van der Waals surface area contributed by atoms with Crippen LogP contribution in [0.25, 0.3) is 16.9 Å². The first-order chi connectivity index (χ1) is 15.1. The van der Waals surface area contributed by atoms with Gasteiger partial charge in [0.05, 0.1) is 24.4 Å². The first-order valence-electron chi connectivity index (χ1n) is 10.5. The zero-order valence-corrected chi connectivity index (χ0v) is 16.9. The number of carbonyl (C=O) groups excluding carboxylic acids is 1. The lowest BCUT2D eigenvalue weighted by molar-refractivity contribution is 0.0259. The van der Waals surface area contributed by atoms with Crippen LogP contribution in [0.2, 0.25) is 0 Å². The number of aromatic nitrogens is 3. The highest BCUT2D eigenvalue weighted by Crippen LogP contribution is 2.29. The second kappa shape index (κ2) is 7.99. The lowest BCUT2D eigenvalue weighted by atomic mass is 10.1. The number of amides is 2. The molecule has 1 saturated carbocycles. The molecule has 2 amide bonds. The van der Waals surface area contributed by atoms with Gasteiger partial charge in [0.25, 0.3) is 11.9 Å². The van der Waals surface area contributed by atoms with Gasteiger partial charge in [0.2, 0.25) is 0 Å². The Labute approximate surface area is 178 Å². The Morgan fingerprint density at radius 1 is 1.10 bits per heavy atom. The number of anilines is 1. The third-order valence-corrected chi connectivity index (χ3v) is 5.52. The molecule has 1 aliphatic carbocycles. The van der Waals surface area contributed by atoms with Gasteiger partial charge in [-0.2, -0.15) is 4.98 Å². The van der Waals surface area contributed by atoms with Crippen LogP contribution in [0.15, 0.2) is 42.5 Å². The Bertz CT molecular complexity index is 1120. The largest absolute Gasteiger partial charge is 0.465 e. The van der Waals surface area contributed by atoms with E-state index in [0.717, 1.165) is 17.7 Å². The monoisotopic (exact) mass is 421 g/mol. The molecule has 2 bridgehead atoms. The fourth-order valence-electron chi connectivity index (χ4n) is 3.87. The van der Waals surface area contributed by atoms with Crippen molar-refractivity contribution < 1.29 is 19.4 Å². The predicted octanol–water partition coefficient (Wildman–Crippen LogP) is 3.27. The summed E-state index contributed by atoms with van der Waals surface area (Å²) in [6, 6.07) is 12.9. The molecular weight excluding hydrogens is 398 g/mol. The molecule has 3 aliphatic rings. The van der Waals surface area contributed by atoms with E-state index in [9.17, 15) is 9.59 Å². The minimum atomic E-state index is -1.22. The van der Waals surface area contributed by atoms with Gasteiger partial charge in [0.15, 0.2) is 5.65 Å². The lowest BCUT2D eigenvalue weighted by Gasteiger charge is -2.27. The van der Waals surface area contributed by atoms with Crippen molar-refractivity contribution in [2.24, 2.45) is 0 Å². The number of hydrogen-bond donors (Lipinski definition) is 2. The van der Waals surface area contributed by atoms with E-state index in [-0.39, 0.29) is 24.0 Å². The molecule has 2 saturated heterocycles. The topological polar surface area (TPSA) is 109 Å². The summed E-state index contributed by atoms with van der Waals surface area (Å²) in [5.41, 5.74) is 2.75. The fraction of sp³-hybridized carbons (Fsp3) is 0.364. The van der Waals surface area contributed by atoms with E-state index in [4.69, 9.17) is 9.84 Å². The molecule has 0 spiro atoms. The van der Waals surface area contributed by atoms with Gasteiger partial charge in [0, 0.05) is 17.7 Å². The minimum absolute atomic E-state index is 0.0121. The maximum atomic E-state index is 12.8. The molecule has 2 aliphatic heterocycles. The molecule has 2 aromatic heterocycles. The highest BCUT2D eigenvalue weighted by Gasteiger charge is 2.41. The van der Waals surface area contributed by atoms with Crippen LogP contribution in [0.3, 0.4) is 0 Å². The number of fused-ring (bicyclic) bond motifs is 3. The summed E-state index contributed by atoms with van der Waals surface area (Å²) in [5.74, 6) is 0.0345. The molecule has 9 nitrogen and oxygen atoms in total. The van der Waals surface area contributed by atoms with E-state index in [1.807, 2.05) is 29.2 Å². The molecule has 0 radical (unpaired) electrons. The number of nitrogens with one attached hydrogen (secondary N) is 1. The van der Waals surface area contributed by atoms with E-state index in [0.29, 0.717) is 24.4 Å². The molecule has 3 aromatic rings. The van der Waals surface area contributed by atoms with Crippen molar-refractivity contribution in [3.05, 3.63) is 48.0 Å². The van der Waals surface area contributed by atoms with Gasteiger partial charge < -0.3 is 14.7 Å². The van der Waals surface area contributed by atoms with Crippen LogP contribution in [0.4, 0.5) is 10.7 Å². The van der Waals surface area contributed by atoms with Gasteiger partial charge in [-0.3, -0.25) is 10.1 Å². The molecule has 4 heterocycles. The maximum absolute atomic E-state index is 12.8. The second-order valence-electron chi connectivity index (χ2n) is 7.99. The van der Waals surface area contributed by atoms with Crippen molar-refractivity contribution in [1.29, 1.82) is 0 Å². The Hall–Kier alpha value is -3.46. The van der Waals surface area contributed by atoms with Crippen molar-refractivity contribution in [3.8, 4) is 11.3 Å². The minimum Gasteiger partial charge on any atom is -0.465 e. The summed E-state index contributed by atoms with van der Waals surface area (Å²) >= 11 is 0. The molecule has 31 heavy (non-hydrogen) atoms. The molecule has 0 unspecified atom stereocenters. The van der Waals surface area contributed by atoms with Crippen molar-refractivity contribution in [3.63, 3.8) is 0 Å². The zero-order chi connectivity index (χ0) is 21.4.